The molecule has 0 radical (unpaired) electrons. The van der Waals surface area contributed by atoms with Crippen LogP contribution in [0.3, 0.4) is 0 Å². The highest BCUT2D eigenvalue weighted by molar-refractivity contribution is 5.68. The van der Waals surface area contributed by atoms with Crippen molar-refractivity contribution in [2.45, 2.75) is 51.9 Å². The van der Waals surface area contributed by atoms with Crippen molar-refractivity contribution < 1.29 is 9.53 Å². The third kappa shape index (κ3) is 7.47. The molecule has 1 aromatic rings. The summed E-state index contributed by atoms with van der Waals surface area (Å²) in [5.74, 6) is 0. The molecule has 4 nitrogen and oxygen atoms in total. The Morgan fingerprint density at radius 3 is 2.38 bits per heavy atom. The zero-order valence-electron chi connectivity index (χ0n) is 15.3. The van der Waals surface area contributed by atoms with E-state index < -0.39 is 11.7 Å². The first-order valence-corrected chi connectivity index (χ1v) is 8.27. The van der Waals surface area contributed by atoms with Crippen molar-refractivity contribution in [1.82, 2.24) is 10.2 Å². The van der Waals surface area contributed by atoms with Gasteiger partial charge in [-0.15, -0.1) is 13.2 Å². The molecule has 1 rings (SSSR count). The van der Waals surface area contributed by atoms with Crippen LogP contribution in [0, 0.1) is 0 Å². The minimum atomic E-state index is -0.520. The molecule has 1 amide bonds. The topological polar surface area (TPSA) is 41.6 Å². The van der Waals surface area contributed by atoms with Gasteiger partial charge in [-0.1, -0.05) is 42.5 Å². The van der Waals surface area contributed by atoms with Crippen LogP contribution in [-0.2, 0) is 11.3 Å². The van der Waals surface area contributed by atoms with Gasteiger partial charge in [0.05, 0.1) is 6.04 Å². The van der Waals surface area contributed by atoms with Gasteiger partial charge in [-0.05, 0) is 33.3 Å². The number of hydrogen-bond acceptors (Lipinski definition) is 3. The van der Waals surface area contributed by atoms with E-state index in [9.17, 15) is 4.79 Å². The van der Waals surface area contributed by atoms with Gasteiger partial charge < -0.3 is 10.1 Å². The monoisotopic (exact) mass is 330 g/mol. The van der Waals surface area contributed by atoms with Gasteiger partial charge in [-0.2, -0.15) is 0 Å². The molecule has 0 aliphatic heterocycles. The number of hydrogen-bond donors (Lipinski definition) is 1. The van der Waals surface area contributed by atoms with E-state index in [1.165, 1.54) is 5.56 Å². The molecule has 0 fully saturated rings. The molecular weight excluding hydrogens is 300 g/mol. The Labute approximate surface area is 146 Å². The van der Waals surface area contributed by atoms with E-state index in [1.54, 1.807) is 6.08 Å². The summed E-state index contributed by atoms with van der Waals surface area (Å²) in [5.41, 5.74) is 0.694. The lowest BCUT2D eigenvalue weighted by molar-refractivity contribution is 0.0501. The first-order valence-electron chi connectivity index (χ1n) is 8.27. The van der Waals surface area contributed by atoms with Crippen molar-refractivity contribution in [3.8, 4) is 0 Å². The summed E-state index contributed by atoms with van der Waals surface area (Å²) in [6, 6.07) is 10.2. The van der Waals surface area contributed by atoms with E-state index in [1.807, 2.05) is 45.0 Å². The third-order valence-corrected chi connectivity index (χ3v) is 3.56. The van der Waals surface area contributed by atoms with E-state index in [0.29, 0.717) is 6.54 Å². The molecule has 0 heterocycles. The predicted octanol–water partition coefficient (Wildman–Crippen LogP) is 4.14. The van der Waals surface area contributed by atoms with Crippen molar-refractivity contribution >= 4 is 6.09 Å². The van der Waals surface area contributed by atoms with E-state index in [2.05, 4.69) is 42.4 Å². The van der Waals surface area contributed by atoms with Gasteiger partial charge in [0, 0.05) is 19.1 Å². The Balaban J connectivity index is 2.74. The summed E-state index contributed by atoms with van der Waals surface area (Å²) in [7, 11) is 0. The maximum atomic E-state index is 12.0. The second-order valence-electron chi connectivity index (χ2n) is 6.88. The van der Waals surface area contributed by atoms with Gasteiger partial charge in [-0.3, -0.25) is 4.90 Å². The molecule has 1 N–H and O–H groups in total. The fourth-order valence-electron chi connectivity index (χ4n) is 2.23. The van der Waals surface area contributed by atoms with Crippen molar-refractivity contribution in [2.24, 2.45) is 0 Å². The first kappa shape index (κ1) is 20.0. The van der Waals surface area contributed by atoms with E-state index in [4.69, 9.17) is 4.74 Å². The lowest BCUT2D eigenvalue weighted by Crippen LogP contribution is -2.46. The third-order valence-electron chi connectivity index (χ3n) is 3.56. The molecule has 24 heavy (non-hydrogen) atoms. The summed E-state index contributed by atoms with van der Waals surface area (Å²) in [5, 5.41) is 2.86. The number of alkyl carbamates (subject to hydrolysis) is 1. The van der Waals surface area contributed by atoms with Gasteiger partial charge in [-0.25, -0.2) is 4.79 Å². The molecule has 0 aromatic heterocycles. The normalized spacial score (nSPS) is 13.9. The highest BCUT2D eigenvalue weighted by Crippen LogP contribution is 2.11. The van der Waals surface area contributed by atoms with Crippen LogP contribution in [0.5, 0.6) is 0 Å². The molecule has 1 unspecified atom stereocenters. The van der Waals surface area contributed by atoms with Gasteiger partial charge in [0.1, 0.15) is 5.60 Å². The zero-order chi connectivity index (χ0) is 18.2. The Bertz CT molecular complexity index is 534. The lowest BCUT2D eigenvalue weighted by Gasteiger charge is -2.31. The Morgan fingerprint density at radius 1 is 1.25 bits per heavy atom. The Kier molecular flexibility index (Phi) is 7.72. The van der Waals surface area contributed by atoms with E-state index >= 15 is 0 Å². The van der Waals surface area contributed by atoms with Crippen LogP contribution >= 0.6 is 0 Å². The number of amides is 1. The number of nitrogens with zero attached hydrogens (tertiary/aromatic N) is 1. The summed E-state index contributed by atoms with van der Waals surface area (Å²) in [6.07, 6.45) is 3.20. The van der Waals surface area contributed by atoms with Crippen LogP contribution in [0.1, 0.15) is 33.3 Å². The lowest BCUT2D eigenvalue weighted by atomic mass is 10.1. The quantitative estimate of drug-likeness (QED) is 0.728. The molecule has 0 aliphatic rings. The summed E-state index contributed by atoms with van der Waals surface area (Å²) in [4.78, 5) is 14.2. The second kappa shape index (κ2) is 9.28. The van der Waals surface area contributed by atoms with Crippen molar-refractivity contribution in [2.75, 3.05) is 6.54 Å². The van der Waals surface area contributed by atoms with Crippen LogP contribution in [0.25, 0.3) is 0 Å². The van der Waals surface area contributed by atoms with Crippen molar-refractivity contribution in [1.29, 1.82) is 0 Å². The fraction of sp³-hybridized carbons (Fsp3) is 0.450. The van der Waals surface area contributed by atoms with E-state index in [-0.39, 0.29) is 12.1 Å². The SMILES string of the molecule is C=CC(C)N(Cc1ccccc1)C[C@H](C=C)NC(=O)OC(C)(C)C. The average Bonchev–Trinajstić information content (AvgIpc) is 2.51. The van der Waals surface area contributed by atoms with Gasteiger partial charge in [0.15, 0.2) is 0 Å². The number of carbonyl (C=O) groups is 1. The van der Waals surface area contributed by atoms with Gasteiger partial charge >= 0.3 is 6.09 Å². The number of nitrogens with one attached hydrogen (secondary N) is 1. The average molecular weight is 330 g/mol. The maximum Gasteiger partial charge on any atom is 0.408 e. The molecule has 4 heteroatoms. The summed E-state index contributed by atoms with van der Waals surface area (Å²) < 4.78 is 5.32. The molecule has 0 saturated heterocycles. The molecule has 2 atom stereocenters. The zero-order valence-corrected chi connectivity index (χ0v) is 15.3. The fourth-order valence-corrected chi connectivity index (χ4v) is 2.23. The van der Waals surface area contributed by atoms with Crippen LogP contribution < -0.4 is 5.32 Å². The number of rotatable bonds is 8. The standard InChI is InChI=1S/C20H30N2O2/c1-7-16(3)22(14-17-12-10-9-11-13-17)15-18(8-2)21-19(23)24-20(4,5)6/h7-13,16,18H,1-2,14-15H2,3-6H3,(H,21,23)/t16?,18-/m0/s1. The molecule has 0 bridgehead atoms. The van der Waals surface area contributed by atoms with Crippen LogP contribution in [-0.4, -0.2) is 35.2 Å². The predicted molar refractivity (Wildman–Crippen MR) is 99.9 cm³/mol. The Morgan fingerprint density at radius 2 is 1.88 bits per heavy atom. The molecule has 0 spiro atoms. The highest BCUT2D eigenvalue weighted by atomic mass is 16.6. The number of benzene rings is 1. The van der Waals surface area contributed by atoms with Gasteiger partial charge in [0.2, 0.25) is 0 Å². The van der Waals surface area contributed by atoms with Crippen LogP contribution in [0.4, 0.5) is 4.79 Å². The second-order valence-corrected chi connectivity index (χ2v) is 6.88. The largest absolute Gasteiger partial charge is 0.444 e. The Hall–Kier alpha value is -2.07. The number of carbonyl (C=O) groups excluding carboxylic acids is 1. The molecule has 0 aliphatic carbocycles. The smallest absolute Gasteiger partial charge is 0.408 e. The summed E-state index contributed by atoms with van der Waals surface area (Å²) >= 11 is 0. The number of ether oxygens (including phenoxy) is 1. The molecule has 132 valence electrons. The van der Waals surface area contributed by atoms with Gasteiger partial charge in [0.25, 0.3) is 0 Å². The minimum Gasteiger partial charge on any atom is -0.444 e. The highest BCUT2D eigenvalue weighted by Gasteiger charge is 2.21. The first-order chi connectivity index (χ1) is 11.2. The van der Waals surface area contributed by atoms with Crippen molar-refractivity contribution in [3.05, 3.63) is 61.2 Å². The minimum absolute atomic E-state index is 0.174. The van der Waals surface area contributed by atoms with Crippen LogP contribution in [0.15, 0.2) is 55.6 Å². The maximum absolute atomic E-state index is 12.0. The van der Waals surface area contributed by atoms with Crippen LogP contribution in [0.2, 0.25) is 0 Å². The van der Waals surface area contributed by atoms with Crippen molar-refractivity contribution in [3.63, 3.8) is 0 Å². The molecule has 1 aromatic carbocycles. The molecule has 0 saturated carbocycles. The molecular formula is C20H30N2O2. The summed E-state index contributed by atoms with van der Waals surface area (Å²) in [6.45, 7) is 16.7. The van der Waals surface area contributed by atoms with E-state index in [0.717, 1.165) is 6.54 Å².